The number of rotatable bonds is 8. The second-order valence-corrected chi connectivity index (χ2v) is 6.26. The molecule has 0 radical (unpaired) electrons. The number of β-amino-alcohol motifs (C(OH)–C–C–N with tert-alkyl or cyclic N) is 1. The highest BCUT2D eigenvalue weighted by Gasteiger charge is 2.26. The molecule has 2 rings (SSSR count). The van der Waals surface area contributed by atoms with E-state index in [9.17, 15) is 5.11 Å². The van der Waals surface area contributed by atoms with Crippen LogP contribution >= 0.6 is 0 Å². The van der Waals surface area contributed by atoms with E-state index in [2.05, 4.69) is 16.7 Å². The first kappa shape index (κ1) is 19.0. The maximum atomic E-state index is 10.7. The Morgan fingerprint density at radius 1 is 1.21 bits per heavy atom. The summed E-state index contributed by atoms with van der Waals surface area (Å²) in [5.74, 6) is 1.41. The Morgan fingerprint density at radius 3 is 2.62 bits per heavy atom. The standard InChI is InChI=1S/C18H30N2O4/c1-14-12-19(7-8-20(14)9-10-22-2)13-17(21)16-11-15(23-3)5-6-18(16)24-4/h5-6,11,14,17,21H,7-10,12-13H2,1-4H3/t14-,17+/m1/s1. The lowest BCUT2D eigenvalue weighted by Crippen LogP contribution is -2.53. The van der Waals surface area contributed by atoms with Gasteiger partial charge in [-0.2, -0.15) is 0 Å². The molecule has 1 aromatic carbocycles. The van der Waals surface area contributed by atoms with Gasteiger partial charge < -0.3 is 19.3 Å². The fourth-order valence-electron chi connectivity index (χ4n) is 3.22. The quantitative estimate of drug-likeness (QED) is 0.773. The molecule has 1 heterocycles. The second kappa shape index (κ2) is 9.22. The molecule has 0 unspecified atom stereocenters. The number of ether oxygens (including phenoxy) is 3. The second-order valence-electron chi connectivity index (χ2n) is 6.26. The van der Waals surface area contributed by atoms with Crippen LogP contribution in [0.25, 0.3) is 0 Å². The Kier molecular flexibility index (Phi) is 7.30. The maximum absolute atomic E-state index is 10.7. The number of aliphatic hydroxyl groups excluding tert-OH is 1. The van der Waals surface area contributed by atoms with Gasteiger partial charge in [-0.25, -0.2) is 0 Å². The molecule has 1 aliphatic rings. The molecule has 2 atom stereocenters. The number of hydrogen-bond acceptors (Lipinski definition) is 6. The van der Waals surface area contributed by atoms with Crippen LogP contribution in [0.15, 0.2) is 18.2 Å². The molecule has 1 aliphatic heterocycles. The van der Waals surface area contributed by atoms with E-state index < -0.39 is 6.10 Å². The first-order valence-corrected chi connectivity index (χ1v) is 8.44. The van der Waals surface area contributed by atoms with Gasteiger partial charge in [0.15, 0.2) is 0 Å². The minimum atomic E-state index is -0.604. The lowest BCUT2D eigenvalue weighted by atomic mass is 10.1. The Balaban J connectivity index is 1.96. The van der Waals surface area contributed by atoms with Crippen molar-refractivity contribution >= 4 is 0 Å². The van der Waals surface area contributed by atoms with Crippen LogP contribution in [0.3, 0.4) is 0 Å². The van der Waals surface area contributed by atoms with Gasteiger partial charge >= 0.3 is 0 Å². The first-order chi connectivity index (χ1) is 11.6. The fraction of sp³-hybridized carbons (Fsp3) is 0.667. The molecule has 1 N–H and O–H groups in total. The molecule has 0 aliphatic carbocycles. The van der Waals surface area contributed by atoms with Crippen LogP contribution in [0.5, 0.6) is 11.5 Å². The highest BCUT2D eigenvalue weighted by molar-refractivity contribution is 5.41. The van der Waals surface area contributed by atoms with E-state index in [1.54, 1.807) is 21.3 Å². The zero-order valence-corrected chi connectivity index (χ0v) is 15.2. The summed E-state index contributed by atoms with van der Waals surface area (Å²) in [6.45, 7) is 7.40. The van der Waals surface area contributed by atoms with Gasteiger partial charge in [0, 0.05) is 51.4 Å². The molecule has 1 saturated heterocycles. The smallest absolute Gasteiger partial charge is 0.124 e. The summed E-state index contributed by atoms with van der Waals surface area (Å²) in [7, 11) is 4.98. The van der Waals surface area contributed by atoms with Crippen molar-refractivity contribution < 1.29 is 19.3 Å². The number of methoxy groups -OCH3 is 3. The summed E-state index contributed by atoms with van der Waals surface area (Å²) in [5, 5.41) is 10.7. The van der Waals surface area contributed by atoms with Crippen LogP contribution in [0.1, 0.15) is 18.6 Å². The van der Waals surface area contributed by atoms with E-state index in [-0.39, 0.29) is 0 Å². The zero-order valence-electron chi connectivity index (χ0n) is 15.2. The molecule has 0 saturated carbocycles. The van der Waals surface area contributed by atoms with E-state index in [0.717, 1.165) is 44.1 Å². The third-order valence-electron chi connectivity index (χ3n) is 4.66. The molecule has 1 fully saturated rings. The highest BCUT2D eigenvalue weighted by atomic mass is 16.5. The van der Waals surface area contributed by atoms with Gasteiger partial charge in [0.05, 0.1) is 26.9 Å². The third kappa shape index (κ3) is 4.83. The highest BCUT2D eigenvalue weighted by Crippen LogP contribution is 2.30. The Labute approximate surface area is 144 Å². The van der Waals surface area contributed by atoms with Crippen molar-refractivity contribution in [2.45, 2.75) is 19.1 Å². The monoisotopic (exact) mass is 338 g/mol. The minimum Gasteiger partial charge on any atom is -0.497 e. The molecule has 1 aromatic rings. The molecule has 0 aromatic heterocycles. The van der Waals surface area contributed by atoms with Crippen molar-refractivity contribution in [1.82, 2.24) is 9.80 Å². The van der Waals surface area contributed by atoms with E-state index in [0.29, 0.717) is 18.3 Å². The van der Waals surface area contributed by atoms with Gasteiger partial charge in [-0.15, -0.1) is 0 Å². The predicted octanol–water partition coefficient (Wildman–Crippen LogP) is 1.39. The molecule has 0 bridgehead atoms. The fourth-order valence-corrected chi connectivity index (χ4v) is 3.22. The van der Waals surface area contributed by atoms with Gasteiger partial charge in [0.1, 0.15) is 11.5 Å². The van der Waals surface area contributed by atoms with Gasteiger partial charge in [-0.05, 0) is 25.1 Å². The van der Waals surface area contributed by atoms with E-state index in [4.69, 9.17) is 14.2 Å². The van der Waals surface area contributed by atoms with Crippen LogP contribution in [0.4, 0.5) is 0 Å². The van der Waals surface area contributed by atoms with Gasteiger partial charge in [0.25, 0.3) is 0 Å². The summed E-state index contributed by atoms with van der Waals surface area (Å²) < 4.78 is 15.8. The summed E-state index contributed by atoms with van der Waals surface area (Å²) in [6.07, 6.45) is -0.604. The van der Waals surface area contributed by atoms with Crippen LogP contribution in [-0.2, 0) is 4.74 Å². The number of nitrogens with zero attached hydrogens (tertiary/aromatic N) is 2. The lowest BCUT2D eigenvalue weighted by molar-refractivity contribution is 0.0325. The van der Waals surface area contributed by atoms with Crippen LogP contribution < -0.4 is 9.47 Å². The Morgan fingerprint density at radius 2 is 2.00 bits per heavy atom. The molecule has 0 amide bonds. The van der Waals surface area contributed by atoms with Crippen LogP contribution in [0, 0.1) is 0 Å². The summed E-state index contributed by atoms with van der Waals surface area (Å²) in [6, 6.07) is 5.98. The number of benzene rings is 1. The molecule has 6 nitrogen and oxygen atoms in total. The Hall–Kier alpha value is -1.34. The molecule has 24 heavy (non-hydrogen) atoms. The van der Waals surface area contributed by atoms with Crippen molar-refractivity contribution in [1.29, 1.82) is 0 Å². The molecular weight excluding hydrogens is 308 g/mol. The van der Waals surface area contributed by atoms with Gasteiger partial charge in [-0.1, -0.05) is 0 Å². The van der Waals surface area contributed by atoms with Gasteiger partial charge in [-0.3, -0.25) is 9.80 Å². The summed E-state index contributed by atoms with van der Waals surface area (Å²) >= 11 is 0. The topological polar surface area (TPSA) is 54.4 Å². The van der Waals surface area contributed by atoms with Crippen molar-refractivity contribution in [3.63, 3.8) is 0 Å². The predicted molar refractivity (Wildman–Crippen MR) is 93.9 cm³/mol. The van der Waals surface area contributed by atoms with E-state index in [1.807, 2.05) is 18.2 Å². The largest absolute Gasteiger partial charge is 0.497 e. The van der Waals surface area contributed by atoms with Crippen molar-refractivity contribution in [2.24, 2.45) is 0 Å². The third-order valence-corrected chi connectivity index (χ3v) is 4.66. The van der Waals surface area contributed by atoms with Gasteiger partial charge in [0.2, 0.25) is 0 Å². The van der Waals surface area contributed by atoms with Crippen LogP contribution in [-0.4, -0.2) is 81.6 Å². The summed E-state index contributed by atoms with van der Waals surface area (Å²) in [4.78, 5) is 4.73. The molecule has 136 valence electrons. The Bertz CT molecular complexity index is 512. The van der Waals surface area contributed by atoms with Crippen molar-refractivity contribution in [3.05, 3.63) is 23.8 Å². The molecule has 6 heteroatoms. The SMILES string of the molecule is COCCN1CCN(C[C@H](O)c2cc(OC)ccc2OC)C[C@H]1C. The first-order valence-electron chi connectivity index (χ1n) is 8.44. The minimum absolute atomic E-state index is 0.452. The van der Waals surface area contributed by atoms with E-state index >= 15 is 0 Å². The molecular formula is C18H30N2O4. The zero-order chi connectivity index (χ0) is 17.5. The average Bonchev–Trinajstić information content (AvgIpc) is 2.60. The van der Waals surface area contributed by atoms with Crippen molar-refractivity contribution in [2.75, 3.05) is 60.7 Å². The maximum Gasteiger partial charge on any atom is 0.124 e. The van der Waals surface area contributed by atoms with Crippen LogP contribution in [0.2, 0.25) is 0 Å². The molecule has 0 spiro atoms. The van der Waals surface area contributed by atoms with Crippen molar-refractivity contribution in [3.8, 4) is 11.5 Å². The summed E-state index contributed by atoms with van der Waals surface area (Å²) in [5.41, 5.74) is 0.770. The average molecular weight is 338 g/mol. The van der Waals surface area contributed by atoms with E-state index in [1.165, 1.54) is 0 Å². The number of hydrogen-bond donors (Lipinski definition) is 1. The lowest BCUT2D eigenvalue weighted by Gasteiger charge is -2.40. The number of aliphatic hydroxyl groups is 1. The normalized spacial score (nSPS) is 20.8. The number of piperazine rings is 1.